The van der Waals surface area contributed by atoms with Gasteiger partial charge in [0.2, 0.25) is 5.78 Å². The minimum absolute atomic E-state index is 0.147. The van der Waals surface area contributed by atoms with Gasteiger partial charge in [0.15, 0.2) is 5.76 Å². The van der Waals surface area contributed by atoms with Crippen LogP contribution in [0.3, 0.4) is 0 Å². The van der Waals surface area contributed by atoms with Crippen LogP contribution < -0.4 is 4.90 Å². The Balaban J connectivity index is 2.13. The number of Topliss-reactive ketones (excluding diaryl/α,β-unsaturated/α-hetero) is 1. The lowest BCUT2D eigenvalue weighted by atomic mass is 10.0. The third-order valence-corrected chi connectivity index (χ3v) is 3.44. The van der Waals surface area contributed by atoms with Crippen LogP contribution in [0.2, 0.25) is 0 Å². The smallest absolute Gasteiger partial charge is 0.201 e. The van der Waals surface area contributed by atoms with Gasteiger partial charge < -0.3 is 10.0 Å². The fourth-order valence-electron chi connectivity index (χ4n) is 2.46. The molecule has 0 aromatic heterocycles. The third-order valence-electron chi connectivity index (χ3n) is 3.44. The Morgan fingerprint density at radius 1 is 0.900 bits per heavy atom. The van der Waals surface area contributed by atoms with Crippen molar-refractivity contribution < 1.29 is 9.90 Å². The Morgan fingerprint density at radius 3 is 2.15 bits per heavy atom. The van der Waals surface area contributed by atoms with Crippen LogP contribution in [0.1, 0.15) is 12.0 Å². The van der Waals surface area contributed by atoms with Gasteiger partial charge in [0.05, 0.1) is 5.70 Å². The summed E-state index contributed by atoms with van der Waals surface area (Å²) in [6, 6.07) is 19.3. The van der Waals surface area contributed by atoms with Gasteiger partial charge in [-0.3, -0.25) is 4.79 Å². The minimum atomic E-state index is -0.198. The Labute approximate surface area is 117 Å². The van der Waals surface area contributed by atoms with Crippen molar-refractivity contribution in [2.45, 2.75) is 6.42 Å². The molecule has 0 fully saturated rings. The minimum Gasteiger partial charge on any atom is -0.503 e. The first-order valence-electron chi connectivity index (χ1n) is 6.62. The van der Waals surface area contributed by atoms with Crippen LogP contribution in [-0.2, 0) is 4.79 Å². The molecule has 2 aromatic rings. The van der Waals surface area contributed by atoms with E-state index in [1.807, 2.05) is 65.6 Å². The van der Waals surface area contributed by atoms with Gasteiger partial charge >= 0.3 is 0 Å². The van der Waals surface area contributed by atoms with E-state index in [0.717, 1.165) is 11.3 Å². The van der Waals surface area contributed by atoms with Crippen LogP contribution in [0.15, 0.2) is 66.4 Å². The number of hydrogen-bond acceptors (Lipinski definition) is 3. The maximum atomic E-state index is 11.8. The molecule has 0 saturated heterocycles. The second-order valence-corrected chi connectivity index (χ2v) is 4.72. The number of anilines is 1. The topological polar surface area (TPSA) is 40.5 Å². The van der Waals surface area contributed by atoms with Gasteiger partial charge in [0, 0.05) is 24.2 Å². The molecule has 3 heteroatoms. The maximum absolute atomic E-state index is 11.8. The average molecular weight is 265 g/mol. The monoisotopic (exact) mass is 265 g/mol. The molecule has 0 saturated carbocycles. The number of aliphatic hydroxyl groups excluding tert-OH is 1. The van der Waals surface area contributed by atoms with Crippen molar-refractivity contribution in [3.63, 3.8) is 0 Å². The normalized spacial score (nSPS) is 15.6. The standard InChI is InChI=1S/C17H15NO2/c19-15-11-12-18(14-9-5-2-6-10-14)16(17(15)20)13-7-3-1-4-8-13/h1-10,20H,11-12H2. The first-order valence-corrected chi connectivity index (χ1v) is 6.62. The summed E-state index contributed by atoms with van der Waals surface area (Å²) in [5, 5.41) is 10.2. The lowest BCUT2D eigenvalue weighted by Gasteiger charge is -2.31. The fraction of sp³-hybridized carbons (Fsp3) is 0.118. The highest BCUT2D eigenvalue weighted by molar-refractivity contribution is 6.05. The Hall–Kier alpha value is -2.55. The van der Waals surface area contributed by atoms with Gasteiger partial charge in [-0.05, 0) is 12.1 Å². The second-order valence-electron chi connectivity index (χ2n) is 4.72. The zero-order valence-corrected chi connectivity index (χ0v) is 11.0. The molecule has 0 atom stereocenters. The molecule has 2 aromatic carbocycles. The number of nitrogens with zero attached hydrogens (tertiary/aromatic N) is 1. The summed E-state index contributed by atoms with van der Waals surface area (Å²) >= 11 is 0. The van der Waals surface area contributed by atoms with Crippen molar-refractivity contribution in [1.29, 1.82) is 0 Å². The van der Waals surface area contributed by atoms with E-state index in [0.29, 0.717) is 18.7 Å². The Kier molecular flexibility index (Phi) is 3.25. The molecule has 3 rings (SSSR count). The van der Waals surface area contributed by atoms with Gasteiger partial charge in [0.1, 0.15) is 0 Å². The predicted octanol–water partition coefficient (Wildman–Crippen LogP) is 3.39. The van der Waals surface area contributed by atoms with Crippen LogP contribution in [0.25, 0.3) is 5.70 Å². The molecule has 1 N–H and O–H groups in total. The number of carbonyl (C=O) groups is 1. The number of allylic oxidation sites excluding steroid dienone is 1. The third kappa shape index (κ3) is 2.18. The van der Waals surface area contributed by atoms with Gasteiger partial charge in [-0.15, -0.1) is 0 Å². The number of carbonyl (C=O) groups excluding carboxylic acids is 1. The van der Waals surface area contributed by atoms with Crippen molar-refractivity contribution in [3.05, 3.63) is 72.0 Å². The number of ketones is 1. The van der Waals surface area contributed by atoms with Crippen molar-refractivity contribution in [3.8, 4) is 0 Å². The number of benzene rings is 2. The van der Waals surface area contributed by atoms with Crippen molar-refractivity contribution in [2.75, 3.05) is 11.4 Å². The molecule has 100 valence electrons. The molecule has 0 bridgehead atoms. The van der Waals surface area contributed by atoms with E-state index in [1.165, 1.54) is 0 Å². The number of aliphatic hydroxyl groups is 1. The summed E-state index contributed by atoms with van der Waals surface area (Å²) < 4.78 is 0. The predicted molar refractivity (Wildman–Crippen MR) is 79.4 cm³/mol. The molecule has 1 heterocycles. The van der Waals surface area contributed by atoms with Gasteiger partial charge in [-0.25, -0.2) is 0 Å². The lowest BCUT2D eigenvalue weighted by molar-refractivity contribution is -0.118. The average Bonchev–Trinajstić information content (AvgIpc) is 2.51. The van der Waals surface area contributed by atoms with Crippen molar-refractivity contribution in [2.24, 2.45) is 0 Å². The van der Waals surface area contributed by atoms with Crippen molar-refractivity contribution >= 4 is 17.2 Å². The molecule has 0 radical (unpaired) electrons. The molecular weight excluding hydrogens is 250 g/mol. The largest absolute Gasteiger partial charge is 0.503 e. The molecule has 1 aliphatic rings. The zero-order chi connectivity index (χ0) is 13.9. The van der Waals surface area contributed by atoms with E-state index in [9.17, 15) is 9.90 Å². The first-order chi connectivity index (χ1) is 9.77. The molecule has 1 aliphatic heterocycles. The molecule has 20 heavy (non-hydrogen) atoms. The van der Waals surface area contributed by atoms with Gasteiger partial charge in [0.25, 0.3) is 0 Å². The summed E-state index contributed by atoms with van der Waals surface area (Å²) in [5.74, 6) is -0.345. The highest BCUT2D eigenvalue weighted by Crippen LogP contribution is 2.31. The molecule has 0 aliphatic carbocycles. The molecular formula is C17H15NO2. The fourth-order valence-corrected chi connectivity index (χ4v) is 2.46. The van der Waals surface area contributed by atoms with Crippen LogP contribution >= 0.6 is 0 Å². The lowest BCUT2D eigenvalue weighted by Crippen LogP contribution is -2.32. The highest BCUT2D eigenvalue weighted by atomic mass is 16.3. The summed E-state index contributed by atoms with van der Waals surface area (Å²) in [6.45, 7) is 0.580. The number of rotatable bonds is 2. The van der Waals surface area contributed by atoms with Gasteiger partial charge in [-0.1, -0.05) is 48.5 Å². The van der Waals surface area contributed by atoms with Crippen molar-refractivity contribution in [1.82, 2.24) is 0 Å². The quantitative estimate of drug-likeness (QED) is 0.904. The second kappa shape index (κ2) is 5.21. The number of hydrogen-bond donors (Lipinski definition) is 1. The van der Waals surface area contributed by atoms with E-state index in [1.54, 1.807) is 0 Å². The van der Waals surface area contributed by atoms with E-state index in [4.69, 9.17) is 0 Å². The molecule has 0 amide bonds. The first kappa shape index (κ1) is 12.5. The summed E-state index contributed by atoms with van der Waals surface area (Å²) in [5.41, 5.74) is 2.42. The van der Waals surface area contributed by atoms with E-state index in [-0.39, 0.29) is 11.5 Å². The van der Waals surface area contributed by atoms with Crippen LogP contribution in [0.5, 0.6) is 0 Å². The SMILES string of the molecule is O=C1CCN(c2ccccc2)C(c2ccccc2)=C1O. The van der Waals surface area contributed by atoms with Crippen LogP contribution in [-0.4, -0.2) is 17.4 Å². The Bertz CT molecular complexity index is 647. The summed E-state index contributed by atoms with van der Waals surface area (Å²) in [7, 11) is 0. The van der Waals surface area contributed by atoms with E-state index in [2.05, 4.69) is 0 Å². The van der Waals surface area contributed by atoms with E-state index >= 15 is 0 Å². The molecule has 0 unspecified atom stereocenters. The number of para-hydroxylation sites is 1. The summed E-state index contributed by atoms with van der Waals surface area (Å²) in [4.78, 5) is 13.8. The highest BCUT2D eigenvalue weighted by Gasteiger charge is 2.27. The zero-order valence-electron chi connectivity index (χ0n) is 11.0. The molecule has 0 spiro atoms. The maximum Gasteiger partial charge on any atom is 0.201 e. The van der Waals surface area contributed by atoms with Crippen LogP contribution in [0.4, 0.5) is 5.69 Å². The van der Waals surface area contributed by atoms with Gasteiger partial charge in [-0.2, -0.15) is 0 Å². The van der Waals surface area contributed by atoms with Crippen LogP contribution in [0, 0.1) is 0 Å². The summed E-state index contributed by atoms with van der Waals surface area (Å²) in [6.07, 6.45) is 0.330. The molecule has 3 nitrogen and oxygen atoms in total. The Morgan fingerprint density at radius 2 is 1.50 bits per heavy atom. The van der Waals surface area contributed by atoms with E-state index < -0.39 is 0 Å².